The van der Waals surface area contributed by atoms with Crippen LogP contribution in [-0.2, 0) is 28.6 Å². The fraction of sp³-hybridized carbons (Fsp3) is 0.918. The summed E-state index contributed by atoms with van der Waals surface area (Å²) >= 11 is 0. The van der Waals surface area contributed by atoms with Gasteiger partial charge in [0.2, 0.25) is 0 Å². The van der Waals surface area contributed by atoms with Gasteiger partial charge in [0.05, 0.1) is 40.3 Å². The summed E-state index contributed by atoms with van der Waals surface area (Å²) < 4.78 is 17.3. The number of esters is 2. The minimum Gasteiger partial charge on any atom is -0.544 e. The van der Waals surface area contributed by atoms with E-state index in [0.29, 0.717) is 12.8 Å². The highest BCUT2D eigenvalue weighted by Gasteiger charge is 2.25. The molecule has 0 rings (SSSR count). The summed E-state index contributed by atoms with van der Waals surface area (Å²) in [7, 11) is 5.44. The Kier molecular flexibility index (Phi) is 50.9. The molecular formula is C61H117NO7. The van der Waals surface area contributed by atoms with Crippen molar-refractivity contribution in [2.24, 2.45) is 0 Å². The third kappa shape index (κ3) is 50.8. The van der Waals surface area contributed by atoms with Crippen molar-refractivity contribution in [1.29, 1.82) is 0 Å². The van der Waals surface area contributed by atoms with Crippen LogP contribution in [0.3, 0.4) is 0 Å². The molecule has 0 bridgehead atoms. The SMILES string of the molecule is CCCCCCCCCCCCCC/C=C/CCCCCCCCCC(=O)OCC(COCCC(C(=O)[O-])[N+](C)(C)C)OC(=O)CCCCCCCCCCCCCCCCCCCCCCCC. The van der Waals surface area contributed by atoms with Crippen molar-refractivity contribution in [2.45, 2.75) is 321 Å². The monoisotopic (exact) mass is 976 g/mol. The quantitative estimate of drug-likeness (QED) is 0.0259. The molecule has 408 valence electrons. The smallest absolute Gasteiger partial charge is 0.306 e. The largest absolute Gasteiger partial charge is 0.544 e. The standard InChI is InChI=1S/C61H117NO7/c1-6-8-10-12-14-16-18-20-22-24-26-28-30-32-33-35-37-39-41-43-45-47-49-51-59(63)68-56-57(55-67-54-53-58(61(65)66)62(3,4)5)69-60(64)52-50-48-46-44-42-40-38-36-34-31-29-27-25-23-21-19-17-15-13-11-9-7-2/h32-33,57-58H,6-31,34-56H2,1-5H3/b33-32+. The van der Waals surface area contributed by atoms with Crippen molar-refractivity contribution in [3.63, 3.8) is 0 Å². The number of hydrogen-bond donors (Lipinski definition) is 0. The van der Waals surface area contributed by atoms with Gasteiger partial charge >= 0.3 is 11.9 Å². The second-order valence-corrected chi connectivity index (χ2v) is 21.9. The molecule has 0 spiro atoms. The number of rotatable bonds is 56. The maximum absolute atomic E-state index is 12.8. The van der Waals surface area contributed by atoms with E-state index in [2.05, 4.69) is 26.0 Å². The van der Waals surface area contributed by atoms with Gasteiger partial charge in [0.25, 0.3) is 0 Å². The number of likely N-dealkylation sites (N-methyl/N-ethyl adjacent to an activating group) is 1. The van der Waals surface area contributed by atoms with Crippen molar-refractivity contribution < 1.29 is 38.2 Å². The van der Waals surface area contributed by atoms with Gasteiger partial charge in [-0.3, -0.25) is 9.59 Å². The maximum atomic E-state index is 12.8. The van der Waals surface area contributed by atoms with Crippen molar-refractivity contribution in [3.8, 4) is 0 Å². The molecule has 0 radical (unpaired) electrons. The number of carboxylic acids is 1. The van der Waals surface area contributed by atoms with Crippen molar-refractivity contribution in [1.82, 2.24) is 0 Å². The Morgan fingerprint density at radius 2 is 0.725 bits per heavy atom. The number of hydrogen-bond acceptors (Lipinski definition) is 7. The summed E-state index contributed by atoms with van der Waals surface area (Å²) in [4.78, 5) is 37.2. The van der Waals surface area contributed by atoms with Crippen LogP contribution >= 0.6 is 0 Å². The summed E-state index contributed by atoms with van der Waals surface area (Å²) in [6.07, 6.45) is 61.2. The zero-order valence-electron chi connectivity index (χ0n) is 46.8. The van der Waals surface area contributed by atoms with Crippen molar-refractivity contribution in [2.75, 3.05) is 41.0 Å². The van der Waals surface area contributed by atoms with Gasteiger partial charge in [0.1, 0.15) is 12.6 Å². The summed E-state index contributed by atoms with van der Waals surface area (Å²) in [5.41, 5.74) is 0. The van der Waals surface area contributed by atoms with Gasteiger partial charge in [-0.05, 0) is 38.5 Å². The van der Waals surface area contributed by atoms with Crippen molar-refractivity contribution in [3.05, 3.63) is 12.2 Å². The Labute approximate surface area is 429 Å². The average Bonchev–Trinajstić information content (AvgIpc) is 3.31. The maximum Gasteiger partial charge on any atom is 0.306 e. The van der Waals surface area contributed by atoms with Gasteiger partial charge in [-0.15, -0.1) is 0 Å². The molecule has 0 N–H and O–H groups in total. The van der Waals surface area contributed by atoms with E-state index in [0.717, 1.165) is 38.5 Å². The van der Waals surface area contributed by atoms with Gasteiger partial charge < -0.3 is 28.6 Å². The predicted octanol–water partition coefficient (Wildman–Crippen LogP) is 16.8. The van der Waals surface area contributed by atoms with Crippen molar-refractivity contribution >= 4 is 17.9 Å². The highest BCUT2D eigenvalue weighted by molar-refractivity contribution is 5.70. The van der Waals surface area contributed by atoms with Crippen LogP contribution in [-0.4, -0.2) is 75.5 Å². The highest BCUT2D eigenvalue weighted by atomic mass is 16.6. The van der Waals surface area contributed by atoms with Gasteiger partial charge in [-0.2, -0.15) is 0 Å². The molecule has 69 heavy (non-hydrogen) atoms. The Morgan fingerprint density at radius 1 is 0.420 bits per heavy atom. The Balaban J connectivity index is 4.10. The van der Waals surface area contributed by atoms with Gasteiger partial charge in [-0.25, -0.2) is 0 Å². The molecule has 0 aromatic heterocycles. The van der Waals surface area contributed by atoms with E-state index >= 15 is 0 Å². The molecule has 8 heteroatoms. The predicted molar refractivity (Wildman–Crippen MR) is 291 cm³/mol. The lowest BCUT2D eigenvalue weighted by Crippen LogP contribution is -2.55. The van der Waals surface area contributed by atoms with E-state index in [4.69, 9.17) is 14.2 Å². The molecule has 0 saturated carbocycles. The molecule has 2 unspecified atom stereocenters. The molecule has 0 aliphatic heterocycles. The average molecular weight is 977 g/mol. The molecule has 0 heterocycles. The van der Waals surface area contributed by atoms with E-state index in [9.17, 15) is 19.5 Å². The zero-order chi connectivity index (χ0) is 50.6. The molecule has 0 aliphatic carbocycles. The lowest BCUT2D eigenvalue weighted by atomic mass is 10.0. The molecule has 0 aliphatic rings. The lowest BCUT2D eigenvalue weighted by molar-refractivity contribution is -0.889. The second kappa shape index (κ2) is 52.4. The molecule has 0 amide bonds. The number of carboxylic acid groups (broad SMARTS) is 1. The fourth-order valence-corrected chi connectivity index (χ4v) is 9.48. The summed E-state index contributed by atoms with van der Waals surface area (Å²) in [5, 5.41) is 11.7. The van der Waals surface area contributed by atoms with Crippen LogP contribution in [0.4, 0.5) is 0 Å². The number of nitrogens with zero attached hydrogens (tertiary/aromatic N) is 1. The number of aliphatic carboxylic acids is 1. The minimum atomic E-state index is -1.12. The Morgan fingerprint density at radius 3 is 1.04 bits per heavy atom. The van der Waals surface area contributed by atoms with Crippen LogP contribution in [0.2, 0.25) is 0 Å². The number of carbonyl (C=O) groups excluding carboxylic acids is 3. The summed E-state index contributed by atoms with van der Waals surface area (Å²) in [6.45, 7) is 4.73. The fourth-order valence-electron chi connectivity index (χ4n) is 9.48. The van der Waals surface area contributed by atoms with Crippen LogP contribution in [0, 0.1) is 0 Å². The number of ether oxygens (including phenoxy) is 3. The molecule has 0 aromatic carbocycles. The normalized spacial score (nSPS) is 12.8. The van der Waals surface area contributed by atoms with Crippen LogP contribution in [0.1, 0.15) is 309 Å². The van der Waals surface area contributed by atoms with Crippen LogP contribution < -0.4 is 5.11 Å². The highest BCUT2D eigenvalue weighted by Crippen LogP contribution is 2.18. The molecule has 0 saturated heterocycles. The first kappa shape index (κ1) is 67.1. The molecule has 0 fully saturated rings. The van der Waals surface area contributed by atoms with Gasteiger partial charge in [0.15, 0.2) is 6.10 Å². The molecule has 0 aromatic rings. The van der Waals surface area contributed by atoms with Crippen LogP contribution in [0.15, 0.2) is 12.2 Å². The van der Waals surface area contributed by atoms with E-state index in [1.807, 2.05) is 21.1 Å². The summed E-state index contributed by atoms with van der Waals surface area (Å²) in [5.74, 6) is -1.71. The molecule has 8 nitrogen and oxygen atoms in total. The third-order valence-corrected chi connectivity index (χ3v) is 14.2. The van der Waals surface area contributed by atoms with E-state index in [-0.39, 0.29) is 42.7 Å². The van der Waals surface area contributed by atoms with Gasteiger partial charge in [-0.1, -0.05) is 264 Å². The number of unbranched alkanes of at least 4 members (excludes halogenated alkanes) is 40. The molecule has 2 atom stereocenters. The van der Waals surface area contributed by atoms with Crippen LogP contribution in [0.25, 0.3) is 0 Å². The van der Waals surface area contributed by atoms with E-state index in [1.54, 1.807) is 0 Å². The first-order valence-corrected chi connectivity index (χ1v) is 30.2. The number of quaternary nitrogens is 1. The van der Waals surface area contributed by atoms with Gasteiger partial charge in [0, 0.05) is 19.3 Å². The second-order valence-electron chi connectivity index (χ2n) is 21.9. The Bertz CT molecular complexity index is 1140. The number of allylic oxidation sites excluding steroid dienone is 2. The van der Waals surface area contributed by atoms with Crippen LogP contribution in [0.5, 0.6) is 0 Å². The molecular weight excluding hydrogens is 859 g/mol. The summed E-state index contributed by atoms with van der Waals surface area (Å²) in [6, 6.07) is -0.724. The lowest BCUT2D eigenvalue weighted by Gasteiger charge is -2.34. The first-order valence-electron chi connectivity index (χ1n) is 30.2. The first-order chi connectivity index (χ1) is 33.6. The Hall–Kier alpha value is -1.93. The van der Waals surface area contributed by atoms with E-state index < -0.39 is 18.1 Å². The van der Waals surface area contributed by atoms with E-state index in [1.165, 1.54) is 238 Å². The third-order valence-electron chi connectivity index (χ3n) is 14.2. The topological polar surface area (TPSA) is 102 Å². The number of carbonyl (C=O) groups is 3. The zero-order valence-corrected chi connectivity index (χ0v) is 46.8. The minimum absolute atomic E-state index is 0.0461.